The minimum Gasteiger partial charge on any atom is -0.506 e. The summed E-state index contributed by atoms with van der Waals surface area (Å²) >= 11 is 5.90. The Balaban J connectivity index is 2.78. The number of hydrogen-bond donors (Lipinski definition) is 2. The normalized spacial score (nSPS) is 10.6. The number of rotatable bonds is 2. The quantitative estimate of drug-likeness (QED) is 0.817. The Morgan fingerprint density at radius 3 is 2.89 bits per heavy atom. The van der Waals surface area contributed by atoms with Crippen molar-refractivity contribution < 1.29 is 14.6 Å². The maximum Gasteiger partial charge on any atom is 0.347 e. The van der Waals surface area contributed by atoms with Crippen molar-refractivity contribution in [3.63, 3.8) is 0 Å². The molecule has 0 fully saturated rings. The lowest BCUT2D eigenvalue weighted by atomic mass is 10.1. The van der Waals surface area contributed by atoms with Crippen molar-refractivity contribution >= 4 is 28.5 Å². The molecule has 6 heteroatoms. The molecule has 0 saturated carbocycles. The highest BCUT2D eigenvalue weighted by Crippen LogP contribution is 2.29. The van der Waals surface area contributed by atoms with Gasteiger partial charge in [0.1, 0.15) is 5.75 Å². The van der Waals surface area contributed by atoms with Crippen molar-refractivity contribution in [3.05, 3.63) is 39.1 Å². The summed E-state index contributed by atoms with van der Waals surface area (Å²) in [6.45, 7) is 1.73. The van der Waals surface area contributed by atoms with E-state index >= 15 is 0 Å². The molecule has 94 valence electrons. The Kier molecular flexibility index (Phi) is 3.25. The van der Waals surface area contributed by atoms with Crippen LogP contribution < -0.4 is 5.56 Å². The summed E-state index contributed by atoms with van der Waals surface area (Å²) in [6.07, 6.45) is 0. The number of aromatic nitrogens is 1. The number of aromatic hydroxyl groups is 1. The molecule has 0 atom stereocenters. The Hall–Kier alpha value is -2.01. The summed E-state index contributed by atoms with van der Waals surface area (Å²) in [5.74, 6) is -1.28. The smallest absolute Gasteiger partial charge is 0.347 e. The minimum atomic E-state index is -0.863. The fourth-order valence-electron chi connectivity index (χ4n) is 1.66. The van der Waals surface area contributed by atoms with Crippen LogP contribution in [0, 0.1) is 0 Å². The lowest BCUT2D eigenvalue weighted by Crippen LogP contribution is -2.20. The molecule has 0 unspecified atom stereocenters. The second-order valence-electron chi connectivity index (χ2n) is 3.56. The molecule has 0 aliphatic carbocycles. The van der Waals surface area contributed by atoms with E-state index in [1.807, 2.05) is 0 Å². The molecular weight excluding hydrogens is 258 g/mol. The van der Waals surface area contributed by atoms with Crippen LogP contribution >= 0.6 is 11.6 Å². The third-order valence-corrected chi connectivity index (χ3v) is 2.77. The van der Waals surface area contributed by atoms with Gasteiger partial charge >= 0.3 is 5.97 Å². The zero-order valence-electron chi connectivity index (χ0n) is 9.49. The number of carbonyl (C=O) groups is 1. The van der Waals surface area contributed by atoms with E-state index in [1.54, 1.807) is 25.1 Å². The van der Waals surface area contributed by atoms with Crippen molar-refractivity contribution in [2.75, 3.05) is 6.61 Å². The van der Waals surface area contributed by atoms with Crippen molar-refractivity contribution in [3.8, 4) is 5.75 Å². The average molecular weight is 268 g/mol. The van der Waals surface area contributed by atoms with Gasteiger partial charge in [0.25, 0.3) is 5.56 Å². The monoisotopic (exact) mass is 267 g/mol. The standard InChI is InChI=1S/C12H10ClNO4/c1-2-18-12(17)8-10(15)6-4-3-5-7(13)9(6)14-11(8)16/h3-5H,2H2,1H3,(H2,14,15,16). The summed E-state index contributed by atoms with van der Waals surface area (Å²) in [4.78, 5) is 25.8. The molecule has 2 aromatic rings. The van der Waals surface area contributed by atoms with Crippen LogP contribution in [0.25, 0.3) is 10.9 Å². The summed E-state index contributed by atoms with van der Waals surface area (Å²) in [7, 11) is 0. The second-order valence-corrected chi connectivity index (χ2v) is 3.97. The number of nitrogens with one attached hydrogen (secondary N) is 1. The van der Waals surface area contributed by atoms with Crippen LogP contribution in [0.1, 0.15) is 17.3 Å². The van der Waals surface area contributed by atoms with Gasteiger partial charge in [-0.2, -0.15) is 0 Å². The molecule has 0 aliphatic rings. The number of carbonyl (C=O) groups excluding carboxylic acids is 1. The molecule has 2 N–H and O–H groups in total. The third-order valence-electron chi connectivity index (χ3n) is 2.45. The van der Waals surface area contributed by atoms with E-state index in [9.17, 15) is 14.7 Å². The highest BCUT2D eigenvalue weighted by atomic mass is 35.5. The largest absolute Gasteiger partial charge is 0.506 e. The molecule has 1 heterocycles. The summed E-state index contributed by atoms with van der Waals surface area (Å²) in [6, 6.07) is 4.73. The van der Waals surface area contributed by atoms with Crippen molar-refractivity contribution in [1.82, 2.24) is 4.98 Å². The molecule has 0 amide bonds. The van der Waals surface area contributed by atoms with Crippen LogP contribution in [-0.2, 0) is 4.74 Å². The van der Waals surface area contributed by atoms with Crippen LogP contribution in [0.3, 0.4) is 0 Å². The van der Waals surface area contributed by atoms with Crippen LogP contribution in [0.4, 0.5) is 0 Å². The molecule has 1 aromatic carbocycles. The number of hydrogen-bond acceptors (Lipinski definition) is 4. The number of fused-ring (bicyclic) bond motifs is 1. The average Bonchev–Trinajstić information content (AvgIpc) is 2.31. The number of halogens is 1. The summed E-state index contributed by atoms with van der Waals surface area (Å²) in [5.41, 5.74) is -0.854. The number of benzene rings is 1. The van der Waals surface area contributed by atoms with Gasteiger partial charge in [-0.15, -0.1) is 0 Å². The summed E-state index contributed by atoms with van der Waals surface area (Å²) in [5, 5.41) is 10.6. The lowest BCUT2D eigenvalue weighted by Gasteiger charge is -2.07. The Labute approximate surface area is 107 Å². The van der Waals surface area contributed by atoms with Gasteiger partial charge in [-0.1, -0.05) is 17.7 Å². The highest BCUT2D eigenvalue weighted by molar-refractivity contribution is 6.35. The molecule has 0 bridgehead atoms. The van der Waals surface area contributed by atoms with Gasteiger partial charge in [-0.3, -0.25) is 4.79 Å². The molecule has 1 aromatic heterocycles. The van der Waals surface area contributed by atoms with E-state index < -0.39 is 22.8 Å². The van der Waals surface area contributed by atoms with E-state index in [0.717, 1.165) is 0 Å². The maximum atomic E-state index is 11.7. The number of ether oxygens (including phenoxy) is 1. The van der Waals surface area contributed by atoms with Crippen molar-refractivity contribution in [2.24, 2.45) is 0 Å². The predicted octanol–water partition coefficient (Wildman–Crippen LogP) is 2.06. The fraction of sp³-hybridized carbons (Fsp3) is 0.167. The van der Waals surface area contributed by atoms with E-state index in [-0.39, 0.29) is 17.1 Å². The number of esters is 1. The number of pyridine rings is 1. The van der Waals surface area contributed by atoms with Gasteiger partial charge < -0.3 is 14.8 Å². The first kappa shape index (κ1) is 12.4. The third kappa shape index (κ3) is 1.93. The zero-order valence-corrected chi connectivity index (χ0v) is 10.2. The van der Waals surface area contributed by atoms with Gasteiger partial charge in [-0.25, -0.2) is 4.79 Å². The summed E-state index contributed by atoms with van der Waals surface area (Å²) < 4.78 is 4.72. The highest BCUT2D eigenvalue weighted by Gasteiger charge is 2.20. The first-order chi connectivity index (χ1) is 8.56. The molecule has 5 nitrogen and oxygen atoms in total. The van der Waals surface area contributed by atoms with E-state index in [4.69, 9.17) is 16.3 Å². The maximum absolute atomic E-state index is 11.7. The minimum absolute atomic E-state index is 0.116. The van der Waals surface area contributed by atoms with E-state index in [2.05, 4.69) is 4.98 Å². The molecule has 0 radical (unpaired) electrons. The SMILES string of the molecule is CCOC(=O)c1c(O)c2cccc(Cl)c2[nH]c1=O. The van der Waals surface area contributed by atoms with Crippen LogP contribution in [0.2, 0.25) is 5.02 Å². The lowest BCUT2D eigenvalue weighted by molar-refractivity contribution is 0.0521. The predicted molar refractivity (Wildman–Crippen MR) is 67.2 cm³/mol. The molecule has 0 saturated heterocycles. The molecule has 2 rings (SSSR count). The van der Waals surface area contributed by atoms with Crippen LogP contribution in [-0.4, -0.2) is 22.7 Å². The van der Waals surface area contributed by atoms with Crippen molar-refractivity contribution in [2.45, 2.75) is 6.92 Å². The molecule has 0 spiro atoms. The van der Waals surface area contributed by atoms with E-state index in [1.165, 1.54) is 0 Å². The van der Waals surface area contributed by atoms with Crippen molar-refractivity contribution in [1.29, 1.82) is 0 Å². The molecular formula is C12H10ClNO4. The van der Waals surface area contributed by atoms with Gasteiger partial charge in [0.05, 0.1) is 17.1 Å². The molecule has 0 aliphatic heterocycles. The number of H-pyrrole nitrogens is 1. The number of aromatic amines is 1. The topological polar surface area (TPSA) is 79.4 Å². The zero-order chi connectivity index (χ0) is 13.3. The van der Waals surface area contributed by atoms with Gasteiger partial charge in [0.15, 0.2) is 5.56 Å². The second kappa shape index (κ2) is 4.70. The number of para-hydroxylation sites is 1. The first-order valence-electron chi connectivity index (χ1n) is 5.26. The van der Waals surface area contributed by atoms with Gasteiger partial charge in [-0.05, 0) is 19.1 Å². The Morgan fingerprint density at radius 2 is 2.22 bits per heavy atom. The van der Waals surface area contributed by atoms with Gasteiger partial charge in [0.2, 0.25) is 0 Å². The Bertz CT molecular complexity index is 678. The molecule has 18 heavy (non-hydrogen) atoms. The fourth-order valence-corrected chi connectivity index (χ4v) is 1.88. The van der Waals surface area contributed by atoms with E-state index in [0.29, 0.717) is 5.39 Å². The van der Waals surface area contributed by atoms with Gasteiger partial charge in [0, 0.05) is 5.39 Å². The Morgan fingerprint density at radius 1 is 1.50 bits per heavy atom. The van der Waals surface area contributed by atoms with Crippen LogP contribution in [0.5, 0.6) is 5.75 Å². The van der Waals surface area contributed by atoms with Crippen LogP contribution in [0.15, 0.2) is 23.0 Å². The first-order valence-corrected chi connectivity index (χ1v) is 5.64.